The van der Waals surface area contributed by atoms with Crippen molar-refractivity contribution in [1.82, 2.24) is 0 Å². The van der Waals surface area contributed by atoms with Crippen LogP contribution < -0.4 is 8.92 Å². The van der Waals surface area contributed by atoms with Crippen LogP contribution in [0.4, 0.5) is 0 Å². The molecule has 1 heterocycles. The second-order valence-corrected chi connectivity index (χ2v) is 6.54. The van der Waals surface area contributed by atoms with Crippen LogP contribution in [-0.4, -0.2) is 22.6 Å². The molecule has 0 saturated heterocycles. The minimum Gasteiger partial charge on any atom is -0.493 e. The topological polar surface area (TPSA) is 61.8 Å². The Bertz CT molecular complexity index is 841. The predicted octanol–water partition coefficient (Wildman–Crippen LogP) is 3.15. The first-order valence-electron chi connectivity index (χ1n) is 6.97. The zero-order valence-corrected chi connectivity index (χ0v) is 13.5. The third-order valence-electron chi connectivity index (χ3n) is 3.61. The van der Waals surface area contributed by atoms with E-state index < -0.39 is 16.2 Å². The molecule has 2 aromatic rings. The molecule has 0 spiro atoms. The first kappa shape index (κ1) is 15.6. The SMILES string of the molecule is COc1cccc2c1OS(=O)(=O)C(C(OC)c1ccccc1)=C2. The zero-order valence-electron chi connectivity index (χ0n) is 12.7. The number of rotatable bonds is 4. The van der Waals surface area contributed by atoms with E-state index >= 15 is 0 Å². The molecule has 0 radical (unpaired) electrons. The Labute approximate surface area is 135 Å². The Hall–Kier alpha value is -2.31. The van der Waals surface area contributed by atoms with Gasteiger partial charge in [-0.2, -0.15) is 8.42 Å². The van der Waals surface area contributed by atoms with E-state index in [0.717, 1.165) is 5.56 Å². The van der Waals surface area contributed by atoms with Crippen LogP contribution in [-0.2, 0) is 14.9 Å². The van der Waals surface area contributed by atoms with Crippen LogP contribution in [0.3, 0.4) is 0 Å². The molecule has 1 atom stereocenters. The summed E-state index contributed by atoms with van der Waals surface area (Å²) >= 11 is 0. The average Bonchev–Trinajstić information content (AvgIpc) is 2.56. The fourth-order valence-electron chi connectivity index (χ4n) is 2.53. The quantitative estimate of drug-likeness (QED) is 0.805. The van der Waals surface area contributed by atoms with Crippen LogP contribution in [0.2, 0.25) is 0 Å². The van der Waals surface area contributed by atoms with Crippen molar-refractivity contribution in [2.45, 2.75) is 6.10 Å². The Morgan fingerprint density at radius 2 is 1.74 bits per heavy atom. The van der Waals surface area contributed by atoms with Gasteiger partial charge in [0.15, 0.2) is 11.5 Å². The number of methoxy groups -OCH3 is 2. The highest BCUT2D eigenvalue weighted by Gasteiger charge is 2.35. The van der Waals surface area contributed by atoms with Gasteiger partial charge in [0.05, 0.1) is 7.11 Å². The van der Waals surface area contributed by atoms with E-state index in [0.29, 0.717) is 11.3 Å². The largest absolute Gasteiger partial charge is 0.493 e. The van der Waals surface area contributed by atoms with E-state index in [9.17, 15) is 8.42 Å². The van der Waals surface area contributed by atoms with Gasteiger partial charge in [0.1, 0.15) is 11.0 Å². The van der Waals surface area contributed by atoms with E-state index in [4.69, 9.17) is 13.7 Å². The molecule has 0 N–H and O–H groups in total. The third-order valence-corrected chi connectivity index (χ3v) is 4.90. The molecular weight excluding hydrogens is 316 g/mol. The van der Waals surface area contributed by atoms with Gasteiger partial charge in [0.2, 0.25) is 0 Å². The van der Waals surface area contributed by atoms with Gasteiger partial charge in [0, 0.05) is 12.7 Å². The second kappa shape index (κ2) is 6.06. The van der Waals surface area contributed by atoms with E-state index in [-0.39, 0.29) is 10.7 Å². The van der Waals surface area contributed by atoms with E-state index in [2.05, 4.69) is 0 Å². The number of para-hydroxylation sites is 1. The number of hydrogen-bond donors (Lipinski definition) is 0. The van der Waals surface area contributed by atoms with Crippen molar-refractivity contribution in [3.8, 4) is 11.5 Å². The summed E-state index contributed by atoms with van der Waals surface area (Å²) in [6, 6.07) is 14.3. The molecule has 0 amide bonds. The Kier molecular flexibility index (Phi) is 4.11. The van der Waals surface area contributed by atoms with Crippen LogP contribution in [0.25, 0.3) is 6.08 Å². The van der Waals surface area contributed by atoms with Crippen LogP contribution in [0, 0.1) is 0 Å². The first-order valence-corrected chi connectivity index (χ1v) is 8.38. The van der Waals surface area contributed by atoms with Crippen molar-refractivity contribution in [3.05, 3.63) is 64.6 Å². The molecule has 3 rings (SSSR count). The standard InChI is InChI=1S/C17H16O5S/c1-20-14-10-6-9-13-11-15(23(18,19)22-16(13)14)17(21-2)12-7-4-3-5-8-12/h3-11,17H,1-2H3. The van der Waals surface area contributed by atoms with Crippen molar-refractivity contribution in [3.63, 3.8) is 0 Å². The summed E-state index contributed by atoms with van der Waals surface area (Å²) in [6.07, 6.45) is 0.832. The van der Waals surface area contributed by atoms with Crippen molar-refractivity contribution >= 4 is 16.2 Å². The highest BCUT2D eigenvalue weighted by Crippen LogP contribution is 2.42. The van der Waals surface area contributed by atoms with Crippen molar-refractivity contribution in [2.75, 3.05) is 14.2 Å². The predicted molar refractivity (Wildman–Crippen MR) is 86.7 cm³/mol. The second-order valence-electron chi connectivity index (χ2n) is 4.99. The van der Waals surface area contributed by atoms with Crippen LogP contribution in [0.5, 0.6) is 11.5 Å². The summed E-state index contributed by atoms with van der Waals surface area (Å²) in [6.45, 7) is 0. The molecule has 2 aromatic carbocycles. The van der Waals surface area contributed by atoms with Crippen LogP contribution in [0.15, 0.2) is 53.4 Å². The molecule has 23 heavy (non-hydrogen) atoms. The smallest absolute Gasteiger partial charge is 0.338 e. The molecule has 0 fully saturated rings. The average molecular weight is 332 g/mol. The Morgan fingerprint density at radius 1 is 1.00 bits per heavy atom. The number of hydrogen-bond acceptors (Lipinski definition) is 5. The van der Waals surface area contributed by atoms with Gasteiger partial charge in [-0.1, -0.05) is 42.5 Å². The molecular formula is C17H16O5S. The van der Waals surface area contributed by atoms with Gasteiger partial charge in [-0.05, 0) is 17.7 Å². The van der Waals surface area contributed by atoms with Crippen LogP contribution in [0.1, 0.15) is 17.2 Å². The fourth-order valence-corrected chi connectivity index (χ4v) is 3.79. The molecule has 1 unspecified atom stereocenters. The van der Waals surface area contributed by atoms with Gasteiger partial charge in [-0.15, -0.1) is 0 Å². The van der Waals surface area contributed by atoms with Gasteiger partial charge in [-0.25, -0.2) is 0 Å². The lowest BCUT2D eigenvalue weighted by molar-refractivity contribution is 0.138. The maximum Gasteiger partial charge on any atom is 0.338 e. The lowest BCUT2D eigenvalue weighted by Crippen LogP contribution is -2.22. The monoisotopic (exact) mass is 332 g/mol. The summed E-state index contributed by atoms with van der Waals surface area (Å²) in [5.74, 6) is 0.566. The zero-order chi connectivity index (χ0) is 16.4. The minimum atomic E-state index is -3.97. The Morgan fingerprint density at radius 3 is 2.39 bits per heavy atom. The van der Waals surface area contributed by atoms with E-state index in [1.54, 1.807) is 24.3 Å². The third kappa shape index (κ3) is 2.83. The van der Waals surface area contributed by atoms with Gasteiger partial charge in [-0.3, -0.25) is 0 Å². The van der Waals surface area contributed by atoms with Gasteiger partial charge < -0.3 is 13.7 Å². The summed E-state index contributed by atoms with van der Waals surface area (Å²) in [7, 11) is -1.04. The fraction of sp³-hybridized carbons (Fsp3) is 0.176. The summed E-state index contributed by atoms with van der Waals surface area (Å²) < 4.78 is 41.0. The summed E-state index contributed by atoms with van der Waals surface area (Å²) in [5, 5.41) is 0. The lowest BCUT2D eigenvalue weighted by Gasteiger charge is -2.24. The molecule has 6 heteroatoms. The maximum atomic E-state index is 12.6. The number of fused-ring (bicyclic) bond motifs is 1. The highest BCUT2D eigenvalue weighted by atomic mass is 32.2. The molecule has 1 aliphatic heterocycles. The molecule has 0 aliphatic carbocycles. The highest BCUT2D eigenvalue weighted by molar-refractivity contribution is 7.91. The van der Waals surface area contributed by atoms with E-state index in [1.807, 2.05) is 30.3 Å². The van der Waals surface area contributed by atoms with Gasteiger partial charge >= 0.3 is 10.1 Å². The molecule has 5 nitrogen and oxygen atoms in total. The summed E-state index contributed by atoms with van der Waals surface area (Å²) in [5.41, 5.74) is 1.37. The molecule has 0 aromatic heterocycles. The van der Waals surface area contributed by atoms with Crippen molar-refractivity contribution in [2.24, 2.45) is 0 Å². The first-order chi connectivity index (χ1) is 11.1. The van der Waals surface area contributed by atoms with Crippen molar-refractivity contribution in [1.29, 1.82) is 0 Å². The van der Waals surface area contributed by atoms with Crippen LogP contribution >= 0.6 is 0 Å². The summed E-state index contributed by atoms with van der Waals surface area (Å²) in [4.78, 5) is 0.0620. The number of ether oxygens (including phenoxy) is 2. The van der Waals surface area contributed by atoms with Crippen molar-refractivity contribution < 1.29 is 22.1 Å². The van der Waals surface area contributed by atoms with Gasteiger partial charge in [0.25, 0.3) is 0 Å². The number of benzene rings is 2. The normalized spacial score (nSPS) is 16.7. The molecule has 0 saturated carbocycles. The lowest BCUT2D eigenvalue weighted by atomic mass is 10.1. The molecule has 120 valence electrons. The Balaban J connectivity index is 2.15. The molecule has 1 aliphatic rings. The van der Waals surface area contributed by atoms with E-state index in [1.165, 1.54) is 14.2 Å². The maximum absolute atomic E-state index is 12.6. The minimum absolute atomic E-state index is 0.0620. The molecule has 0 bridgehead atoms.